The first-order chi connectivity index (χ1) is 7.00. The Kier molecular flexibility index (Phi) is 6.74. The molecular weight excluding hydrogens is 168 g/mol. The van der Waals surface area contributed by atoms with Crippen LogP contribution in [-0.2, 0) is 0 Å². The molecule has 0 atom stereocenters. The number of allylic oxidation sites excluding steroid dienone is 8. The van der Waals surface area contributed by atoms with Crippen molar-refractivity contribution in [3.05, 3.63) is 55.0 Å². The molecule has 14 heavy (non-hydrogen) atoms. The molecular formula is C14H19. The third kappa shape index (κ3) is 6.47. The molecule has 0 nitrogen and oxygen atoms in total. The fourth-order valence-electron chi connectivity index (χ4n) is 1.31. The maximum Gasteiger partial charge on any atom is -0.0133 e. The van der Waals surface area contributed by atoms with Crippen LogP contribution < -0.4 is 0 Å². The monoisotopic (exact) mass is 187 g/mol. The highest BCUT2D eigenvalue weighted by Crippen LogP contribution is 2.01. The van der Waals surface area contributed by atoms with Gasteiger partial charge in [-0.3, -0.25) is 0 Å². The van der Waals surface area contributed by atoms with Crippen LogP contribution in [0.4, 0.5) is 0 Å². The lowest BCUT2D eigenvalue weighted by Crippen LogP contribution is -1.71. The van der Waals surface area contributed by atoms with Gasteiger partial charge in [0.05, 0.1) is 0 Å². The lowest BCUT2D eigenvalue weighted by atomic mass is 10.2. The molecule has 75 valence electrons. The predicted octanol–water partition coefficient (Wildman–Crippen LogP) is 4.38. The summed E-state index contributed by atoms with van der Waals surface area (Å²) >= 11 is 0. The second kappa shape index (κ2) is 8.55. The third-order valence-electron chi connectivity index (χ3n) is 2.11. The van der Waals surface area contributed by atoms with Crippen molar-refractivity contribution < 1.29 is 0 Å². The molecule has 0 aromatic carbocycles. The topological polar surface area (TPSA) is 0 Å². The smallest absolute Gasteiger partial charge is 0.0133 e. The van der Waals surface area contributed by atoms with E-state index in [1.165, 1.54) is 19.3 Å². The molecule has 0 saturated carbocycles. The summed E-state index contributed by atoms with van der Waals surface area (Å²) in [7, 11) is 0. The van der Waals surface area contributed by atoms with Gasteiger partial charge in [-0.1, -0.05) is 48.6 Å². The molecule has 1 radical (unpaired) electrons. The van der Waals surface area contributed by atoms with Gasteiger partial charge in [-0.15, -0.1) is 0 Å². The largest absolute Gasteiger partial charge is 0.0882 e. The van der Waals surface area contributed by atoms with Crippen molar-refractivity contribution in [2.24, 2.45) is 0 Å². The zero-order valence-corrected chi connectivity index (χ0v) is 8.73. The van der Waals surface area contributed by atoms with Gasteiger partial charge < -0.3 is 0 Å². The van der Waals surface area contributed by atoms with E-state index in [9.17, 15) is 0 Å². The summed E-state index contributed by atoms with van der Waals surface area (Å²) in [5.74, 6) is 0. The number of rotatable bonds is 0. The summed E-state index contributed by atoms with van der Waals surface area (Å²) in [6.07, 6.45) is 25.5. The van der Waals surface area contributed by atoms with Crippen LogP contribution in [0.1, 0.15) is 32.1 Å². The van der Waals surface area contributed by atoms with Crippen molar-refractivity contribution in [3.63, 3.8) is 0 Å². The fourth-order valence-corrected chi connectivity index (χ4v) is 1.31. The van der Waals surface area contributed by atoms with Gasteiger partial charge in [0.25, 0.3) is 0 Å². The van der Waals surface area contributed by atoms with E-state index in [0.717, 1.165) is 12.8 Å². The van der Waals surface area contributed by atoms with Crippen molar-refractivity contribution >= 4 is 0 Å². The highest BCUT2D eigenvalue weighted by atomic mass is 13.9. The minimum absolute atomic E-state index is 1.03. The van der Waals surface area contributed by atoms with Gasteiger partial charge in [-0.25, -0.2) is 0 Å². The van der Waals surface area contributed by atoms with Gasteiger partial charge in [0.1, 0.15) is 0 Å². The summed E-state index contributed by atoms with van der Waals surface area (Å²) in [6, 6.07) is 0. The van der Waals surface area contributed by atoms with Crippen LogP contribution in [0.5, 0.6) is 0 Å². The van der Waals surface area contributed by atoms with Crippen LogP contribution in [0.25, 0.3) is 0 Å². The average molecular weight is 187 g/mol. The minimum Gasteiger partial charge on any atom is -0.0882 e. The van der Waals surface area contributed by atoms with Crippen molar-refractivity contribution in [1.29, 1.82) is 0 Å². The molecule has 0 bridgehead atoms. The summed E-state index contributed by atoms with van der Waals surface area (Å²) in [5.41, 5.74) is 0. The van der Waals surface area contributed by atoms with E-state index in [1.54, 1.807) is 0 Å². The molecule has 0 aliphatic heterocycles. The van der Waals surface area contributed by atoms with Crippen LogP contribution in [0, 0.1) is 6.42 Å². The Morgan fingerprint density at radius 3 is 2.36 bits per heavy atom. The molecule has 0 heterocycles. The SMILES string of the molecule is [CH]1/C=C/C/C=C/CCC/C=C\C=C\C1. The van der Waals surface area contributed by atoms with Gasteiger partial charge in [0.2, 0.25) is 0 Å². The molecule has 0 N–H and O–H groups in total. The first kappa shape index (κ1) is 11.0. The molecule has 1 aliphatic carbocycles. The van der Waals surface area contributed by atoms with Crippen LogP contribution in [0.15, 0.2) is 48.6 Å². The zero-order valence-electron chi connectivity index (χ0n) is 8.73. The van der Waals surface area contributed by atoms with Gasteiger partial charge >= 0.3 is 0 Å². The maximum absolute atomic E-state index is 2.28. The molecule has 0 fully saturated rings. The summed E-state index contributed by atoms with van der Waals surface area (Å²) in [6.45, 7) is 0. The first-order valence-corrected chi connectivity index (χ1v) is 5.45. The third-order valence-corrected chi connectivity index (χ3v) is 2.11. The Bertz CT molecular complexity index is 228. The average Bonchev–Trinajstić information content (AvgIpc) is 2.22. The van der Waals surface area contributed by atoms with E-state index in [4.69, 9.17) is 0 Å². The van der Waals surface area contributed by atoms with Crippen molar-refractivity contribution in [1.82, 2.24) is 0 Å². The second-order valence-electron chi connectivity index (χ2n) is 3.39. The van der Waals surface area contributed by atoms with Crippen LogP contribution in [0.2, 0.25) is 0 Å². The van der Waals surface area contributed by atoms with Crippen molar-refractivity contribution in [3.8, 4) is 0 Å². The van der Waals surface area contributed by atoms with Crippen LogP contribution in [0.3, 0.4) is 0 Å². The molecule has 0 unspecified atom stereocenters. The normalized spacial score (nSPS) is 28.6. The predicted molar refractivity (Wildman–Crippen MR) is 63.9 cm³/mol. The Hall–Kier alpha value is -1.04. The zero-order chi connectivity index (χ0) is 9.90. The van der Waals surface area contributed by atoms with E-state index in [-0.39, 0.29) is 0 Å². The Labute approximate surface area is 87.7 Å². The first-order valence-electron chi connectivity index (χ1n) is 5.45. The highest BCUT2D eigenvalue weighted by molar-refractivity contribution is 5.07. The lowest BCUT2D eigenvalue weighted by molar-refractivity contribution is 0.866. The fraction of sp³-hybridized carbons (Fsp3) is 0.357. The summed E-state index contributed by atoms with van der Waals surface area (Å²) < 4.78 is 0. The van der Waals surface area contributed by atoms with E-state index >= 15 is 0 Å². The molecule has 1 aliphatic rings. The van der Waals surface area contributed by atoms with Crippen molar-refractivity contribution in [2.75, 3.05) is 0 Å². The van der Waals surface area contributed by atoms with Crippen LogP contribution >= 0.6 is 0 Å². The second-order valence-corrected chi connectivity index (χ2v) is 3.39. The lowest BCUT2D eigenvalue weighted by Gasteiger charge is -1.91. The van der Waals surface area contributed by atoms with E-state index in [1.807, 2.05) is 0 Å². The molecule has 0 aromatic rings. The van der Waals surface area contributed by atoms with Gasteiger partial charge in [0, 0.05) is 0 Å². The quantitative estimate of drug-likeness (QED) is 0.494. The number of hydrogen-bond acceptors (Lipinski definition) is 0. The van der Waals surface area contributed by atoms with E-state index in [2.05, 4.69) is 55.0 Å². The van der Waals surface area contributed by atoms with Gasteiger partial charge in [-0.05, 0) is 38.5 Å². The maximum atomic E-state index is 2.28. The Morgan fingerprint density at radius 2 is 1.36 bits per heavy atom. The summed E-state index contributed by atoms with van der Waals surface area (Å²) in [4.78, 5) is 0. The standard InChI is InChI=1S/C14H19/c1-2-4-6-8-10-12-14-13-11-9-7-5-3-1/h1-4,7,9,11-12,14H,5-6,8,10,13H2/b3-1+,4-2-,11-9+,14-12+. The van der Waals surface area contributed by atoms with E-state index in [0.29, 0.717) is 0 Å². The van der Waals surface area contributed by atoms with Gasteiger partial charge in [-0.2, -0.15) is 0 Å². The molecule has 0 heteroatoms. The van der Waals surface area contributed by atoms with Crippen molar-refractivity contribution in [2.45, 2.75) is 32.1 Å². The van der Waals surface area contributed by atoms with Crippen LogP contribution in [-0.4, -0.2) is 0 Å². The van der Waals surface area contributed by atoms with Gasteiger partial charge in [0.15, 0.2) is 0 Å². The molecule has 1 rings (SSSR count). The molecule has 0 aromatic heterocycles. The number of hydrogen-bond donors (Lipinski definition) is 0. The molecule has 0 amide bonds. The Morgan fingerprint density at radius 1 is 0.571 bits per heavy atom. The Balaban J connectivity index is 2.34. The minimum atomic E-state index is 1.03. The summed E-state index contributed by atoms with van der Waals surface area (Å²) in [5, 5.41) is 0. The molecule has 0 saturated heterocycles. The highest BCUT2D eigenvalue weighted by Gasteiger charge is 1.81. The van der Waals surface area contributed by atoms with E-state index < -0.39 is 0 Å². The molecule has 0 spiro atoms.